The molecule has 4 aliphatic rings. The fraction of sp³-hybridized carbons (Fsp3) is 0.591. The Morgan fingerprint density at radius 1 is 1.07 bits per heavy atom. The number of benzene rings is 1. The first kappa shape index (κ1) is 19.7. The molecule has 0 saturated carbocycles. The molecule has 5 rings (SSSR count). The number of hydrogen-bond acceptors (Lipinski definition) is 6. The Labute approximate surface area is 176 Å². The number of imide groups is 1. The average Bonchev–Trinajstić information content (AvgIpc) is 3.03. The molecule has 3 saturated heterocycles. The van der Waals surface area contributed by atoms with Gasteiger partial charge in [0, 0.05) is 63.3 Å². The van der Waals surface area contributed by atoms with Crippen LogP contribution >= 0.6 is 0 Å². The van der Waals surface area contributed by atoms with Gasteiger partial charge in [-0.05, 0) is 36.5 Å². The molecule has 3 fully saturated rings. The highest BCUT2D eigenvalue weighted by Crippen LogP contribution is 2.30. The summed E-state index contributed by atoms with van der Waals surface area (Å²) < 4.78 is 0. The minimum Gasteiger partial charge on any atom is -0.322 e. The van der Waals surface area contributed by atoms with E-state index in [-0.39, 0.29) is 24.1 Å². The molecule has 1 aromatic carbocycles. The fourth-order valence-corrected chi connectivity index (χ4v) is 5.07. The average molecular weight is 412 g/mol. The third-order valence-electron chi connectivity index (χ3n) is 7.07. The van der Waals surface area contributed by atoms with E-state index in [1.807, 2.05) is 12.1 Å². The molecule has 4 heterocycles. The second-order valence-electron chi connectivity index (χ2n) is 8.85. The number of carbonyl (C=O) groups is 3. The normalized spacial score (nSPS) is 25.9. The number of piperidine rings is 2. The highest BCUT2D eigenvalue weighted by Gasteiger charge is 2.39. The van der Waals surface area contributed by atoms with E-state index in [9.17, 15) is 14.4 Å². The number of carbonyl (C=O) groups excluding carboxylic acids is 3. The second kappa shape index (κ2) is 8.09. The molecular formula is C22H29N5O3. The van der Waals surface area contributed by atoms with Gasteiger partial charge in [-0.1, -0.05) is 12.1 Å². The molecule has 0 spiro atoms. The second-order valence-corrected chi connectivity index (χ2v) is 8.85. The van der Waals surface area contributed by atoms with Gasteiger partial charge < -0.3 is 15.5 Å². The number of nitrogens with one attached hydrogen (secondary N) is 3. The monoisotopic (exact) mass is 411 g/mol. The highest BCUT2D eigenvalue weighted by atomic mass is 16.2. The number of hydrogen-bond donors (Lipinski definition) is 3. The molecule has 8 nitrogen and oxygen atoms in total. The molecule has 30 heavy (non-hydrogen) atoms. The van der Waals surface area contributed by atoms with Crippen LogP contribution in [0.15, 0.2) is 18.2 Å². The van der Waals surface area contributed by atoms with Crippen molar-refractivity contribution in [3.05, 3.63) is 34.9 Å². The fourth-order valence-electron chi connectivity index (χ4n) is 5.07. The van der Waals surface area contributed by atoms with Crippen molar-refractivity contribution in [3.63, 3.8) is 0 Å². The van der Waals surface area contributed by atoms with E-state index in [0.717, 1.165) is 56.7 Å². The van der Waals surface area contributed by atoms with Crippen LogP contribution in [-0.2, 0) is 22.7 Å². The summed E-state index contributed by atoms with van der Waals surface area (Å²) in [6, 6.07) is 6.49. The van der Waals surface area contributed by atoms with Crippen LogP contribution in [0.4, 0.5) is 0 Å². The van der Waals surface area contributed by atoms with Gasteiger partial charge in [0.15, 0.2) is 0 Å². The van der Waals surface area contributed by atoms with Gasteiger partial charge in [-0.3, -0.25) is 24.6 Å². The zero-order valence-electron chi connectivity index (χ0n) is 17.2. The summed E-state index contributed by atoms with van der Waals surface area (Å²) >= 11 is 0. The van der Waals surface area contributed by atoms with Gasteiger partial charge in [0.2, 0.25) is 11.8 Å². The first-order valence-electron chi connectivity index (χ1n) is 11.0. The Bertz CT molecular complexity index is 860. The Hall–Kier alpha value is -2.29. The van der Waals surface area contributed by atoms with Crippen LogP contribution < -0.4 is 16.0 Å². The Balaban J connectivity index is 1.21. The first-order chi connectivity index (χ1) is 14.6. The number of nitrogens with zero attached hydrogens (tertiary/aromatic N) is 2. The number of likely N-dealkylation sites (tertiary alicyclic amines) is 1. The Kier molecular flexibility index (Phi) is 5.30. The molecule has 0 aliphatic carbocycles. The first-order valence-corrected chi connectivity index (χ1v) is 11.0. The molecule has 1 unspecified atom stereocenters. The lowest BCUT2D eigenvalue weighted by atomic mass is 9.99. The Morgan fingerprint density at radius 3 is 2.57 bits per heavy atom. The van der Waals surface area contributed by atoms with Crippen molar-refractivity contribution in [2.75, 3.05) is 26.2 Å². The van der Waals surface area contributed by atoms with E-state index in [0.29, 0.717) is 30.6 Å². The van der Waals surface area contributed by atoms with Crippen LogP contribution in [0.2, 0.25) is 0 Å². The van der Waals surface area contributed by atoms with Gasteiger partial charge in [0.25, 0.3) is 5.91 Å². The summed E-state index contributed by atoms with van der Waals surface area (Å²) in [6.07, 6.45) is 2.97. The molecule has 0 radical (unpaired) electrons. The minimum absolute atomic E-state index is 0.108. The van der Waals surface area contributed by atoms with E-state index < -0.39 is 6.04 Å². The van der Waals surface area contributed by atoms with Crippen molar-refractivity contribution < 1.29 is 14.4 Å². The van der Waals surface area contributed by atoms with Gasteiger partial charge >= 0.3 is 0 Å². The van der Waals surface area contributed by atoms with E-state index >= 15 is 0 Å². The molecule has 1 atom stereocenters. The smallest absolute Gasteiger partial charge is 0.255 e. The van der Waals surface area contributed by atoms with Crippen molar-refractivity contribution in [1.29, 1.82) is 0 Å². The quantitative estimate of drug-likeness (QED) is 0.590. The predicted molar refractivity (Wildman–Crippen MR) is 111 cm³/mol. The zero-order chi connectivity index (χ0) is 20.7. The molecule has 3 amide bonds. The van der Waals surface area contributed by atoms with Gasteiger partial charge in [-0.2, -0.15) is 0 Å². The van der Waals surface area contributed by atoms with Crippen LogP contribution in [0.5, 0.6) is 0 Å². The van der Waals surface area contributed by atoms with Crippen molar-refractivity contribution in [1.82, 2.24) is 25.8 Å². The van der Waals surface area contributed by atoms with E-state index in [1.54, 1.807) is 4.90 Å². The van der Waals surface area contributed by atoms with E-state index in [4.69, 9.17) is 0 Å². The summed E-state index contributed by atoms with van der Waals surface area (Å²) in [5, 5.41) is 9.40. The number of rotatable bonds is 5. The van der Waals surface area contributed by atoms with Crippen LogP contribution in [0.1, 0.15) is 47.2 Å². The minimum atomic E-state index is -0.561. The van der Waals surface area contributed by atoms with E-state index in [2.05, 4.69) is 26.9 Å². The van der Waals surface area contributed by atoms with E-state index in [1.165, 1.54) is 0 Å². The van der Waals surface area contributed by atoms with Gasteiger partial charge in [-0.25, -0.2) is 0 Å². The molecule has 160 valence electrons. The van der Waals surface area contributed by atoms with Gasteiger partial charge in [-0.15, -0.1) is 0 Å². The third-order valence-corrected chi connectivity index (χ3v) is 7.07. The van der Waals surface area contributed by atoms with Crippen molar-refractivity contribution >= 4 is 17.7 Å². The summed E-state index contributed by atoms with van der Waals surface area (Å²) in [5.41, 5.74) is 2.82. The van der Waals surface area contributed by atoms with Crippen LogP contribution in [0, 0.1) is 0 Å². The highest BCUT2D eigenvalue weighted by molar-refractivity contribution is 6.05. The van der Waals surface area contributed by atoms with Crippen molar-refractivity contribution in [3.8, 4) is 0 Å². The summed E-state index contributed by atoms with van der Waals surface area (Å²) in [7, 11) is 0. The van der Waals surface area contributed by atoms with Crippen LogP contribution in [0.25, 0.3) is 0 Å². The molecular weight excluding hydrogens is 382 g/mol. The largest absolute Gasteiger partial charge is 0.322 e. The summed E-state index contributed by atoms with van der Waals surface area (Å²) in [6.45, 7) is 5.68. The lowest BCUT2D eigenvalue weighted by Gasteiger charge is -2.42. The molecule has 1 aromatic rings. The van der Waals surface area contributed by atoms with Crippen molar-refractivity contribution in [2.24, 2.45) is 0 Å². The zero-order valence-corrected chi connectivity index (χ0v) is 17.2. The molecule has 3 N–H and O–H groups in total. The van der Waals surface area contributed by atoms with Crippen molar-refractivity contribution in [2.45, 2.75) is 56.9 Å². The van der Waals surface area contributed by atoms with Gasteiger partial charge in [0.05, 0.1) is 0 Å². The molecule has 0 bridgehead atoms. The molecule has 8 heteroatoms. The maximum absolute atomic E-state index is 12.9. The topological polar surface area (TPSA) is 93.8 Å². The van der Waals surface area contributed by atoms with Crippen LogP contribution in [0.3, 0.4) is 0 Å². The molecule has 4 aliphatic heterocycles. The SMILES string of the molecule is O=C1CCC(N2Cc3c(CNC4CCN(C5CNC5)CC4)cccc3C2=O)C(=O)N1. The predicted octanol–water partition coefficient (Wildman–Crippen LogP) is -0.0266. The maximum atomic E-state index is 12.9. The maximum Gasteiger partial charge on any atom is 0.255 e. The third kappa shape index (κ3) is 3.64. The summed E-state index contributed by atoms with van der Waals surface area (Å²) in [5.74, 6) is -0.728. The van der Waals surface area contributed by atoms with Gasteiger partial charge in [0.1, 0.15) is 6.04 Å². The number of fused-ring (bicyclic) bond motifs is 1. The molecule has 0 aromatic heterocycles. The lowest BCUT2D eigenvalue weighted by Crippen LogP contribution is -2.59. The number of amides is 3. The van der Waals surface area contributed by atoms with Crippen LogP contribution in [-0.4, -0.2) is 71.8 Å². The Morgan fingerprint density at radius 2 is 1.87 bits per heavy atom. The summed E-state index contributed by atoms with van der Waals surface area (Å²) in [4.78, 5) is 40.9. The lowest BCUT2D eigenvalue weighted by molar-refractivity contribution is -0.136. The standard InChI is InChI=1S/C22H29N5O3/c28-20-5-4-19(21(29)25-20)27-13-18-14(2-1-3-17(18)22(27)30)10-24-15-6-8-26(9-7-15)16-11-23-12-16/h1-3,15-16,19,23-24H,4-13H2,(H,25,28,29).